The molecule has 0 unspecified atom stereocenters. The first kappa shape index (κ1) is 17.6. The van der Waals surface area contributed by atoms with Crippen molar-refractivity contribution in [2.45, 2.75) is 19.8 Å². The summed E-state index contributed by atoms with van der Waals surface area (Å²) in [6, 6.07) is 8.66. The fourth-order valence-electron chi connectivity index (χ4n) is 1.03. The Morgan fingerprint density at radius 1 is 1.40 bits per heavy atom. The summed E-state index contributed by atoms with van der Waals surface area (Å²) >= 11 is 0. The Morgan fingerprint density at radius 2 is 2.13 bits per heavy atom. The van der Waals surface area contributed by atoms with Gasteiger partial charge in [0.15, 0.2) is 0 Å². The van der Waals surface area contributed by atoms with Crippen LogP contribution in [0.25, 0.3) is 0 Å². The van der Waals surface area contributed by atoms with Crippen LogP contribution in [0, 0.1) is 13.0 Å². The molecule has 0 radical (unpaired) electrons. The zero-order chi connectivity index (χ0) is 9.52. The average molecular weight is 285 g/mol. The molecule has 4 heteroatoms. The number of hydrogen-bond donors (Lipinski definition) is 0. The molecule has 1 aromatic rings. The quantitative estimate of drug-likeness (QED) is 0.404. The largest absolute Gasteiger partial charge is 2.00 e. The Morgan fingerprint density at radius 3 is 2.73 bits per heavy atom. The van der Waals surface area contributed by atoms with Crippen LogP contribution in [0.15, 0.2) is 18.2 Å². The molecule has 0 aliphatic heterocycles. The molecule has 0 fully saturated rings. The van der Waals surface area contributed by atoms with Crippen LogP contribution in [0.2, 0.25) is 0 Å². The number of rotatable bonds is 5. The number of unbranched alkanes of at least 4 members (excludes halogenated alkanes) is 1. The van der Waals surface area contributed by atoms with Gasteiger partial charge in [0, 0.05) is 5.75 Å². The van der Waals surface area contributed by atoms with Crippen molar-refractivity contribution in [1.82, 2.24) is 0 Å². The fraction of sp³-hybridized carbons (Fsp3) is 0.455. The van der Waals surface area contributed by atoms with Gasteiger partial charge in [-0.15, -0.1) is 12.1 Å². The maximum atomic E-state index is 11.7. The second kappa shape index (κ2) is 10.7. The molecule has 0 amide bonds. The third kappa shape index (κ3) is 8.05. The third-order valence-electron chi connectivity index (χ3n) is 1.71. The zero-order valence-corrected chi connectivity index (χ0v) is 11.9. The topological polar surface area (TPSA) is 9.23 Å². The molecule has 15 heavy (non-hydrogen) atoms. The van der Waals surface area contributed by atoms with E-state index in [-0.39, 0.29) is 46.7 Å². The molecule has 1 rings (SSSR count). The maximum absolute atomic E-state index is 11.7. The number of hydrogen-bond acceptors (Lipinski definition) is 1. The predicted molar refractivity (Wildman–Crippen MR) is 56.5 cm³/mol. The van der Waals surface area contributed by atoms with Crippen LogP contribution >= 0.6 is 0 Å². The van der Waals surface area contributed by atoms with Gasteiger partial charge in [-0.25, -0.2) is 0 Å². The SMILES string of the molecule is Cc1[c-]ccc(OCCCCF)c1.[Br-].[Mg+2]. The molecule has 0 aliphatic rings. The van der Waals surface area contributed by atoms with Gasteiger partial charge in [0.2, 0.25) is 0 Å². The van der Waals surface area contributed by atoms with E-state index >= 15 is 0 Å². The zero-order valence-electron chi connectivity index (χ0n) is 8.93. The number of ether oxygens (including phenoxy) is 1. The molecular formula is C11H14BrFMgO. The molecule has 0 aliphatic carbocycles. The fourth-order valence-corrected chi connectivity index (χ4v) is 1.03. The number of alkyl halides is 1. The Bertz CT molecular complexity index is 258. The van der Waals surface area contributed by atoms with E-state index in [1.807, 2.05) is 25.1 Å². The number of benzene rings is 1. The van der Waals surface area contributed by atoms with E-state index in [1.165, 1.54) is 0 Å². The third-order valence-corrected chi connectivity index (χ3v) is 1.71. The van der Waals surface area contributed by atoms with E-state index in [0.717, 1.165) is 17.7 Å². The molecule has 80 valence electrons. The van der Waals surface area contributed by atoms with Crippen molar-refractivity contribution in [3.8, 4) is 5.75 Å². The van der Waals surface area contributed by atoms with Crippen LogP contribution in [0.4, 0.5) is 4.39 Å². The minimum Gasteiger partial charge on any atom is -1.00 e. The molecule has 0 atom stereocenters. The van der Waals surface area contributed by atoms with Gasteiger partial charge in [0.25, 0.3) is 0 Å². The van der Waals surface area contributed by atoms with Gasteiger partial charge in [0.1, 0.15) is 0 Å². The van der Waals surface area contributed by atoms with Gasteiger partial charge >= 0.3 is 23.1 Å². The maximum Gasteiger partial charge on any atom is 2.00 e. The summed E-state index contributed by atoms with van der Waals surface area (Å²) in [4.78, 5) is 0. The minimum atomic E-state index is -0.259. The van der Waals surface area contributed by atoms with Crippen LogP contribution in [0.1, 0.15) is 18.4 Å². The Balaban J connectivity index is 0. The Hall–Kier alpha value is 0.196. The van der Waals surface area contributed by atoms with E-state index < -0.39 is 0 Å². The molecule has 0 saturated carbocycles. The van der Waals surface area contributed by atoms with Crippen molar-refractivity contribution in [2.24, 2.45) is 0 Å². The molecule has 0 N–H and O–H groups in total. The molecule has 0 aromatic heterocycles. The predicted octanol–water partition coefficient (Wildman–Crippen LogP) is -0.453. The monoisotopic (exact) mass is 284 g/mol. The van der Waals surface area contributed by atoms with Gasteiger partial charge < -0.3 is 21.7 Å². The molecular weight excluding hydrogens is 271 g/mol. The first-order chi connectivity index (χ1) is 6.33. The van der Waals surface area contributed by atoms with Crippen LogP contribution in [0.5, 0.6) is 5.75 Å². The smallest absolute Gasteiger partial charge is 1.00 e. The standard InChI is InChI=1S/C11H14FO.BrH.Mg/c1-10-5-4-6-11(9-10)13-8-3-2-7-12;;/h4,6,9H,2-3,7-8H2,1H3;1H;/q-1;;+2/p-1. The van der Waals surface area contributed by atoms with Gasteiger partial charge in [-0.05, 0) is 12.8 Å². The molecule has 1 aromatic carbocycles. The van der Waals surface area contributed by atoms with E-state index in [0.29, 0.717) is 13.0 Å². The van der Waals surface area contributed by atoms with E-state index in [4.69, 9.17) is 4.74 Å². The van der Waals surface area contributed by atoms with Crippen LogP contribution in [-0.2, 0) is 0 Å². The van der Waals surface area contributed by atoms with Crippen molar-refractivity contribution < 1.29 is 26.1 Å². The molecule has 0 heterocycles. The Labute approximate surface area is 117 Å². The second-order valence-corrected chi connectivity index (χ2v) is 2.95. The minimum absolute atomic E-state index is 0. The summed E-state index contributed by atoms with van der Waals surface area (Å²) < 4.78 is 17.1. The summed E-state index contributed by atoms with van der Waals surface area (Å²) in [7, 11) is 0. The van der Waals surface area contributed by atoms with E-state index in [9.17, 15) is 4.39 Å². The summed E-state index contributed by atoms with van der Waals surface area (Å²) in [5.74, 6) is 0.843. The van der Waals surface area contributed by atoms with Gasteiger partial charge in [-0.2, -0.15) is 17.7 Å². The van der Waals surface area contributed by atoms with Crippen molar-refractivity contribution in [3.05, 3.63) is 29.8 Å². The van der Waals surface area contributed by atoms with E-state index in [1.54, 1.807) is 0 Å². The number of halogens is 2. The van der Waals surface area contributed by atoms with Crippen molar-refractivity contribution in [2.75, 3.05) is 13.3 Å². The summed E-state index contributed by atoms with van der Waals surface area (Å²) in [5, 5.41) is 0. The first-order valence-corrected chi connectivity index (χ1v) is 4.50. The number of aryl methyl sites for hydroxylation is 1. The van der Waals surface area contributed by atoms with Gasteiger partial charge in [0.05, 0.1) is 13.3 Å². The molecule has 0 spiro atoms. The summed E-state index contributed by atoms with van der Waals surface area (Å²) in [5.41, 5.74) is 1.06. The van der Waals surface area contributed by atoms with Crippen LogP contribution in [0.3, 0.4) is 0 Å². The summed E-state index contributed by atoms with van der Waals surface area (Å²) in [6.45, 7) is 2.30. The van der Waals surface area contributed by atoms with Gasteiger partial charge in [-0.1, -0.05) is 6.92 Å². The van der Waals surface area contributed by atoms with Crippen molar-refractivity contribution in [3.63, 3.8) is 0 Å². The van der Waals surface area contributed by atoms with Crippen molar-refractivity contribution >= 4 is 23.1 Å². The van der Waals surface area contributed by atoms with Crippen molar-refractivity contribution in [1.29, 1.82) is 0 Å². The van der Waals surface area contributed by atoms with Crippen LogP contribution in [-0.4, -0.2) is 36.3 Å². The normalized spacial score (nSPS) is 8.67. The summed E-state index contributed by atoms with van der Waals surface area (Å²) in [6.07, 6.45) is 1.35. The average Bonchev–Trinajstić information content (AvgIpc) is 2.13. The van der Waals surface area contributed by atoms with E-state index in [2.05, 4.69) is 6.07 Å². The Kier molecular flexibility index (Phi) is 12.6. The van der Waals surface area contributed by atoms with Crippen LogP contribution < -0.4 is 21.7 Å². The first-order valence-electron chi connectivity index (χ1n) is 4.50. The molecule has 0 saturated heterocycles. The van der Waals surface area contributed by atoms with Gasteiger partial charge in [-0.3, -0.25) is 4.39 Å². The second-order valence-electron chi connectivity index (χ2n) is 2.95. The molecule has 0 bridgehead atoms. The molecule has 1 nitrogen and oxygen atoms in total.